The van der Waals surface area contributed by atoms with E-state index in [0.717, 1.165) is 28.4 Å². The van der Waals surface area contributed by atoms with Gasteiger partial charge in [0.2, 0.25) is 0 Å². The number of amides is 1. The Bertz CT molecular complexity index is 523. The van der Waals surface area contributed by atoms with Gasteiger partial charge < -0.3 is 14.6 Å². The average Bonchev–Trinajstić information content (AvgIpc) is 2.52. The SMILES string of the molecule is CCCCC[C@@](OCOC)(c1ccccc1I)N(C(=O)O)C(C)C. The zero-order chi connectivity index (χ0) is 18.2. The fourth-order valence-corrected chi connectivity index (χ4v) is 3.75. The molecule has 0 fully saturated rings. The van der Waals surface area contributed by atoms with Gasteiger partial charge in [0.1, 0.15) is 6.79 Å². The first kappa shape index (κ1) is 21.2. The number of unbranched alkanes of at least 4 members (excludes halogenated alkanes) is 2. The zero-order valence-electron chi connectivity index (χ0n) is 14.9. The molecule has 0 bridgehead atoms. The van der Waals surface area contributed by atoms with Crippen LogP contribution in [0.5, 0.6) is 0 Å². The van der Waals surface area contributed by atoms with Crippen LogP contribution in [-0.2, 0) is 15.2 Å². The number of methoxy groups -OCH3 is 1. The molecule has 1 aromatic carbocycles. The van der Waals surface area contributed by atoms with Crippen molar-refractivity contribution in [2.24, 2.45) is 0 Å². The normalized spacial score (nSPS) is 13.8. The molecule has 1 rings (SSSR count). The smallest absolute Gasteiger partial charge is 0.410 e. The van der Waals surface area contributed by atoms with Crippen LogP contribution < -0.4 is 0 Å². The van der Waals surface area contributed by atoms with Crippen molar-refractivity contribution in [1.29, 1.82) is 0 Å². The van der Waals surface area contributed by atoms with Crippen LogP contribution in [-0.4, -0.2) is 36.0 Å². The summed E-state index contributed by atoms with van der Waals surface area (Å²) in [6.45, 7) is 5.90. The first-order chi connectivity index (χ1) is 11.4. The van der Waals surface area contributed by atoms with Crippen molar-refractivity contribution in [2.45, 2.75) is 58.2 Å². The van der Waals surface area contributed by atoms with Crippen molar-refractivity contribution in [1.82, 2.24) is 4.90 Å². The van der Waals surface area contributed by atoms with Gasteiger partial charge in [-0.25, -0.2) is 4.79 Å². The second kappa shape index (κ2) is 10.2. The van der Waals surface area contributed by atoms with Gasteiger partial charge in [0.25, 0.3) is 0 Å². The molecule has 0 unspecified atom stereocenters. The molecule has 1 N–H and O–H groups in total. The Morgan fingerprint density at radius 2 is 2.00 bits per heavy atom. The van der Waals surface area contributed by atoms with E-state index in [9.17, 15) is 9.90 Å². The molecule has 0 saturated carbocycles. The largest absolute Gasteiger partial charge is 0.465 e. The van der Waals surface area contributed by atoms with Crippen molar-refractivity contribution in [3.8, 4) is 0 Å². The summed E-state index contributed by atoms with van der Waals surface area (Å²) in [5, 5.41) is 9.89. The minimum Gasteiger partial charge on any atom is -0.465 e. The Hall–Kier alpha value is -0.860. The van der Waals surface area contributed by atoms with Crippen LogP contribution >= 0.6 is 22.6 Å². The van der Waals surface area contributed by atoms with Crippen LogP contribution in [0.15, 0.2) is 24.3 Å². The van der Waals surface area contributed by atoms with Gasteiger partial charge in [-0.1, -0.05) is 38.0 Å². The van der Waals surface area contributed by atoms with E-state index in [1.807, 2.05) is 38.1 Å². The maximum absolute atomic E-state index is 12.1. The Balaban J connectivity index is 3.47. The van der Waals surface area contributed by atoms with Crippen molar-refractivity contribution >= 4 is 28.7 Å². The zero-order valence-corrected chi connectivity index (χ0v) is 17.1. The minimum atomic E-state index is -1.05. The monoisotopic (exact) mass is 449 g/mol. The first-order valence-electron chi connectivity index (χ1n) is 8.30. The molecule has 0 radical (unpaired) electrons. The molecule has 136 valence electrons. The molecule has 0 aliphatic heterocycles. The second-order valence-corrected chi connectivity index (χ2v) is 7.18. The summed E-state index contributed by atoms with van der Waals surface area (Å²) >= 11 is 2.24. The molecule has 0 saturated heterocycles. The maximum atomic E-state index is 12.1. The van der Waals surface area contributed by atoms with Crippen LogP contribution in [0.25, 0.3) is 0 Å². The van der Waals surface area contributed by atoms with Crippen LogP contribution in [0.4, 0.5) is 4.79 Å². The van der Waals surface area contributed by atoms with Gasteiger partial charge in [-0.05, 0) is 48.9 Å². The van der Waals surface area contributed by atoms with Crippen molar-refractivity contribution in [3.63, 3.8) is 0 Å². The molecular formula is C18H28INO4. The van der Waals surface area contributed by atoms with Gasteiger partial charge in [-0.15, -0.1) is 0 Å². The number of nitrogens with zero attached hydrogens (tertiary/aromatic N) is 1. The topological polar surface area (TPSA) is 59.0 Å². The lowest BCUT2D eigenvalue weighted by Gasteiger charge is -2.45. The fraction of sp³-hybridized carbons (Fsp3) is 0.611. The van der Waals surface area contributed by atoms with E-state index in [1.54, 1.807) is 7.11 Å². The third-order valence-corrected chi connectivity index (χ3v) is 4.88. The lowest BCUT2D eigenvalue weighted by atomic mass is 9.93. The van der Waals surface area contributed by atoms with E-state index >= 15 is 0 Å². The number of hydrogen-bond acceptors (Lipinski definition) is 3. The molecule has 0 heterocycles. The lowest BCUT2D eigenvalue weighted by molar-refractivity contribution is -0.212. The predicted octanol–water partition coefficient (Wildman–Crippen LogP) is 5.03. The van der Waals surface area contributed by atoms with E-state index in [1.165, 1.54) is 4.90 Å². The molecule has 24 heavy (non-hydrogen) atoms. The second-order valence-electron chi connectivity index (χ2n) is 6.02. The third kappa shape index (κ3) is 5.07. The average molecular weight is 449 g/mol. The maximum Gasteiger partial charge on any atom is 0.410 e. The summed E-state index contributed by atoms with van der Waals surface area (Å²) in [4.78, 5) is 13.5. The Labute approximate surface area is 158 Å². The van der Waals surface area contributed by atoms with E-state index in [0.29, 0.717) is 6.42 Å². The molecule has 5 nitrogen and oxygen atoms in total. The van der Waals surface area contributed by atoms with Crippen LogP contribution in [0.1, 0.15) is 52.0 Å². The summed E-state index contributed by atoms with van der Waals surface area (Å²) in [5.74, 6) is 0. The summed E-state index contributed by atoms with van der Waals surface area (Å²) in [7, 11) is 1.55. The highest BCUT2D eigenvalue weighted by Gasteiger charge is 2.45. The van der Waals surface area contributed by atoms with Crippen molar-refractivity contribution in [3.05, 3.63) is 33.4 Å². The highest BCUT2D eigenvalue weighted by Crippen LogP contribution is 2.39. The summed E-state index contributed by atoms with van der Waals surface area (Å²) in [6, 6.07) is 7.56. The number of carboxylic acid groups (broad SMARTS) is 1. The quantitative estimate of drug-likeness (QED) is 0.309. The van der Waals surface area contributed by atoms with Gasteiger partial charge >= 0.3 is 6.09 Å². The van der Waals surface area contributed by atoms with Gasteiger partial charge in [-0.3, -0.25) is 4.90 Å². The van der Waals surface area contributed by atoms with E-state index in [2.05, 4.69) is 29.5 Å². The standard InChI is InChI=1S/C18H28INO4/c1-5-6-9-12-18(24-13-23-4,20(14(2)3)17(21)22)15-10-7-8-11-16(15)19/h7-8,10-11,14H,5-6,9,12-13H2,1-4H3,(H,21,22)/t18-/m1/s1. The number of rotatable bonds is 10. The number of hydrogen-bond donors (Lipinski definition) is 1. The summed E-state index contributed by atoms with van der Waals surface area (Å²) in [6.07, 6.45) is 2.56. The minimum absolute atomic E-state index is 0.0353. The van der Waals surface area contributed by atoms with E-state index in [-0.39, 0.29) is 12.8 Å². The molecule has 0 aliphatic carbocycles. The van der Waals surface area contributed by atoms with Crippen molar-refractivity contribution < 1.29 is 19.4 Å². The van der Waals surface area contributed by atoms with Crippen LogP contribution in [0.2, 0.25) is 0 Å². The lowest BCUT2D eigenvalue weighted by Crippen LogP contribution is -2.54. The predicted molar refractivity (Wildman–Crippen MR) is 103 cm³/mol. The molecule has 0 spiro atoms. The first-order valence-corrected chi connectivity index (χ1v) is 9.38. The van der Waals surface area contributed by atoms with Gasteiger partial charge in [-0.2, -0.15) is 0 Å². The van der Waals surface area contributed by atoms with Gasteiger partial charge in [0.05, 0.1) is 0 Å². The molecular weight excluding hydrogens is 421 g/mol. The number of benzene rings is 1. The number of ether oxygens (including phenoxy) is 2. The van der Waals surface area contributed by atoms with Crippen molar-refractivity contribution in [2.75, 3.05) is 13.9 Å². The Kier molecular flexibility index (Phi) is 9.01. The highest BCUT2D eigenvalue weighted by molar-refractivity contribution is 14.1. The molecule has 1 atom stereocenters. The number of halogens is 1. The van der Waals surface area contributed by atoms with Crippen LogP contribution in [0.3, 0.4) is 0 Å². The molecule has 0 aliphatic rings. The van der Waals surface area contributed by atoms with Crippen LogP contribution in [0, 0.1) is 3.57 Å². The molecule has 1 amide bonds. The van der Waals surface area contributed by atoms with Gasteiger partial charge in [0.15, 0.2) is 5.72 Å². The molecule has 1 aromatic rings. The molecule has 6 heteroatoms. The Morgan fingerprint density at radius 1 is 1.33 bits per heavy atom. The highest BCUT2D eigenvalue weighted by atomic mass is 127. The fourth-order valence-electron chi connectivity index (χ4n) is 2.95. The van der Waals surface area contributed by atoms with E-state index in [4.69, 9.17) is 9.47 Å². The third-order valence-electron chi connectivity index (χ3n) is 3.94. The Morgan fingerprint density at radius 3 is 2.50 bits per heavy atom. The number of carbonyl (C=O) groups is 1. The van der Waals surface area contributed by atoms with Gasteiger partial charge in [0, 0.05) is 28.7 Å². The van der Waals surface area contributed by atoms with E-state index < -0.39 is 11.8 Å². The molecule has 0 aromatic heterocycles. The summed E-state index contributed by atoms with van der Waals surface area (Å²) < 4.78 is 12.2. The summed E-state index contributed by atoms with van der Waals surface area (Å²) in [5.41, 5.74) is -0.182.